The van der Waals surface area contributed by atoms with Gasteiger partial charge in [0.25, 0.3) is 0 Å². The van der Waals surface area contributed by atoms with Crippen molar-refractivity contribution in [3.05, 3.63) is 65.2 Å². The van der Waals surface area contributed by atoms with Gasteiger partial charge in [-0.05, 0) is 55.9 Å². The fourth-order valence-electron chi connectivity index (χ4n) is 2.92. The SMILES string of the molecule is CCOC(=O)CCc1ccc(NC(=O)CCCCc2ccc(C(=N)N)cc2)cc1. The molecule has 2 rings (SSSR count). The van der Waals surface area contributed by atoms with Gasteiger partial charge in [0, 0.05) is 24.1 Å². The number of amides is 1. The van der Waals surface area contributed by atoms with Gasteiger partial charge in [-0.2, -0.15) is 0 Å². The lowest BCUT2D eigenvalue weighted by molar-refractivity contribution is -0.143. The van der Waals surface area contributed by atoms with E-state index in [2.05, 4.69) is 5.32 Å². The van der Waals surface area contributed by atoms with Crippen molar-refractivity contribution in [2.45, 2.75) is 45.4 Å². The number of amidine groups is 1. The summed E-state index contributed by atoms with van der Waals surface area (Å²) in [5, 5.41) is 10.3. The molecule has 0 saturated carbocycles. The summed E-state index contributed by atoms with van der Waals surface area (Å²) in [5.74, 6) is -0.129. The second-order valence-electron chi connectivity index (χ2n) is 6.87. The Morgan fingerprint density at radius 1 is 0.931 bits per heavy atom. The first-order valence-electron chi connectivity index (χ1n) is 9.95. The number of benzene rings is 2. The number of anilines is 1. The smallest absolute Gasteiger partial charge is 0.306 e. The van der Waals surface area contributed by atoms with Crippen molar-refractivity contribution < 1.29 is 14.3 Å². The van der Waals surface area contributed by atoms with E-state index in [4.69, 9.17) is 15.9 Å². The summed E-state index contributed by atoms with van der Waals surface area (Å²) in [7, 11) is 0. The van der Waals surface area contributed by atoms with Crippen LogP contribution in [0, 0.1) is 5.41 Å². The molecule has 29 heavy (non-hydrogen) atoms. The van der Waals surface area contributed by atoms with Crippen LogP contribution in [0.4, 0.5) is 5.69 Å². The molecule has 0 bridgehead atoms. The first-order valence-corrected chi connectivity index (χ1v) is 9.95. The molecular weight excluding hydrogens is 366 g/mol. The number of unbranched alkanes of at least 4 members (excludes halogenated alkanes) is 1. The Bertz CT molecular complexity index is 814. The van der Waals surface area contributed by atoms with Crippen molar-refractivity contribution in [2.75, 3.05) is 11.9 Å². The fourth-order valence-corrected chi connectivity index (χ4v) is 2.92. The first kappa shape index (κ1) is 22.1. The average Bonchev–Trinajstić information content (AvgIpc) is 2.71. The number of ether oxygens (including phenoxy) is 1. The van der Waals surface area contributed by atoms with Crippen LogP contribution in [0.5, 0.6) is 0 Å². The van der Waals surface area contributed by atoms with Gasteiger partial charge in [0.1, 0.15) is 5.84 Å². The predicted octanol–water partition coefficient (Wildman–Crippen LogP) is 3.82. The van der Waals surface area contributed by atoms with E-state index in [0.717, 1.165) is 36.1 Å². The lowest BCUT2D eigenvalue weighted by Crippen LogP contribution is -2.11. The van der Waals surface area contributed by atoms with E-state index in [1.807, 2.05) is 48.5 Å². The summed E-state index contributed by atoms with van der Waals surface area (Å²) in [6.07, 6.45) is 4.06. The van der Waals surface area contributed by atoms with Gasteiger partial charge >= 0.3 is 5.97 Å². The molecule has 1 amide bonds. The molecule has 0 heterocycles. The van der Waals surface area contributed by atoms with Crippen molar-refractivity contribution in [1.29, 1.82) is 5.41 Å². The number of nitrogen functional groups attached to an aromatic ring is 1. The van der Waals surface area contributed by atoms with Crippen LogP contribution in [0.15, 0.2) is 48.5 Å². The van der Waals surface area contributed by atoms with Crippen LogP contribution < -0.4 is 11.1 Å². The minimum Gasteiger partial charge on any atom is -0.466 e. The highest BCUT2D eigenvalue weighted by Gasteiger charge is 2.05. The van der Waals surface area contributed by atoms with Crippen molar-refractivity contribution in [1.82, 2.24) is 0 Å². The minimum atomic E-state index is -0.195. The molecule has 6 nitrogen and oxygen atoms in total. The molecule has 6 heteroatoms. The number of esters is 1. The summed E-state index contributed by atoms with van der Waals surface area (Å²) < 4.78 is 4.92. The second kappa shape index (κ2) is 11.6. The standard InChI is InChI=1S/C23H29N3O3/c1-2-29-22(28)16-11-18-9-14-20(15-10-18)26-21(27)6-4-3-5-17-7-12-19(13-8-17)23(24)25/h7-10,12-15H,2-6,11,16H2,1H3,(H3,24,25)(H,26,27). The summed E-state index contributed by atoms with van der Waals surface area (Å²) in [4.78, 5) is 23.5. The number of nitrogens with one attached hydrogen (secondary N) is 2. The monoisotopic (exact) mass is 395 g/mol. The zero-order valence-electron chi connectivity index (χ0n) is 16.9. The van der Waals surface area contributed by atoms with E-state index in [1.165, 1.54) is 5.56 Å². The first-order chi connectivity index (χ1) is 14.0. The molecule has 0 radical (unpaired) electrons. The Morgan fingerprint density at radius 2 is 1.55 bits per heavy atom. The number of aryl methyl sites for hydroxylation is 2. The van der Waals surface area contributed by atoms with Crippen LogP contribution in [-0.4, -0.2) is 24.3 Å². The maximum Gasteiger partial charge on any atom is 0.306 e. The number of nitrogens with two attached hydrogens (primary N) is 1. The molecule has 4 N–H and O–H groups in total. The number of hydrogen-bond acceptors (Lipinski definition) is 4. The summed E-state index contributed by atoms with van der Waals surface area (Å²) >= 11 is 0. The highest BCUT2D eigenvalue weighted by molar-refractivity contribution is 5.94. The van der Waals surface area contributed by atoms with E-state index >= 15 is 0 Å². The van der Waals surface area contributed by atoms with Crippen molar-refractivity contribution in [3.8, 4) is 0 Å². The van der Waals surface area contributed by atoms with Gasteiger partial charge < -0.3 is 15.8 Å². The van der Waals surface area contributed by atoms with Crippen LogP contribution in [-0.2, 0) is 27.2 Å². The highest BCUT2D eigenvalue weighted by atomic mass is 16.5. The second-order valence-corrected chi connectivity index (χ2v) is 6.87. The number of carbonyl (C=O) groups excluding carboxylic acids is 2. The van der Waals surface area contributed by atoms with E-state index in [-0.39, 0.29) is 17.7 Å². The molecule has 0 saturated heterocycles. The molecule has 0 fully saturated rings. The molecule has 0 atom stereocenters. The van der Waals surface area contributed by atoms with Gasteiger partial charge in [-0.15, -0.1) is 0 Å². The third kappa shape index (κ3) is 8.17. The largest absolute Gasteiger partial charge is 0.466 e. The van der Waals surface area contributed by atoms with Crippen LogP contribution in [0.25, 0.3) is 0 Å². The molecule has 0 unspecified atom stereocenters. The third-order valence-electron chi connectivity index (χ3n) is 4.55. The molecule has 2 aromatic carbocycles. The van der Waals surface area contributed by atoms with Crippen LogP contribution >= 0.6 is 0 Å². The number of carbonyl (C=O) groups is 2. The third-order valence-corrected chi connectivity index (χ3v) is 4.55. The molecule has 0 spiro atoms. The molecule has 154 valence electrons. The Morgan fingerprint density at radius 3 is 2.17 bits per heavy atom. The average molecular weight is 396 g/mol. The Balaban J connectivity index is 1.67. The lowest BCUT2D eigenvalue weighted by atomic mass is 10.0. The van der Waals surface area contributed by atoms with E-state index in [9.17, 15) is 9.59 Å². The zero-order chi connectivity index (χ0) is 21.1. The van der Waals surface area contributed by atoms with Gasteiger partial charge in [0.2, 0.25) is 5.91 Å². The quantitative estimate of drug-likeness (QED) is 0.233. The maximum atomic E-state index is 12.1. The highest BCUT2D eigenvalue weighted by Crippen LogP contribution is 2.13. The molecule has 0 aromatic heterocycles. The zero-order valence-corrected chi connectivity index (χ0v) is 16.9. The van der Waals surface area contributed by atoms with Crippen molar-refractivity contribution >= 4 is 23.4 Å². The predicted molar refractivity (Wildman–Crippen MR) is 115 cm³/mol. The molecule has 0 aliphatic heterocycles. The Labute approximate surface area is 172 Å². The minimum absolute atomic E-state index is 0.00352. The van der Waals surface area contributed by atoms with E-state index < -0.39 is 0 Å². The Kier molecular flexibility index (Phi) is 8.89. The normalized spacial score (nSPS) is 10.4. The van der Waals surface area contributed by atoms with E-state index in [0.29, 0.717) is 25.9 Å². The van der Waals surface area contributed by atoms with Crippen LogP contribution in [0.3, 0.4) is 0 Å². The van der Waals surface area contributed by atoms with Gasteiger partial charge in [0.15, 0.2) is 0 Å². The van der Waals surface area contributed by atoms with Crippen LogP contribution in [0.1, 0.15) is 49.3 Å². The topological polar surface area (TPSA) is 105 Å². The molecule has 0 aliphatic rings. The molecule has 0 aliphatic carbocycles. The van der Waals surface area contributed by atoms with Gasteiger partial charge in [-0.25, -0.2) is 0 Å². The molecular formula is C23H29N3O3. The van der Waals surface area contributed by atoms with Crippen molar-refractivity contribution in [2.24, 2.45) is 5.73 Å². The fraction of sp³-hybridized carbons (Fsp3) is 0.348. The van der Waals surface area contributed by atoms with E-state index in [1.54, 1.807) is 6.92 Å². The summed E-state index contributed by atoms with van der Waals surface area (Å²) in [5.41, 5.74) is 9.14. The van der Waals surface area contributed by atoms with Crippen LogP contribution in [0.2, 0.25) is 0 Å². The summed E-state index contributed by atoms with van der Waals surface area (Å²) in [6, 6.07) is 15.2. The Hall–Kier alpha value is -3.15. The van der Waals surface area contributed by atoms with Gasteiger partial charge in [0.05, 0.1) is 6.61 Å². The molecule has 2 aromatic rings. The maximum absolute atomic E-state index is 12.1. The van der Waals surface area contributed by atoms with Gasteiger partial charge in [-0.3, -0.25) is 15.0 Å². The number of rotatable bonds is 11. The summed E-state index contributed by atoms with van der Waals surface area (Å²) in [6.45, 7) is 2.19. The lowest BCUT2D eigenvalue weighted by Gasteiger charge is -2.07. The van der Waals surface area contributed by atoms with Crippen molar-refractivity contribution in [3.63, 3.8) is 0 Å². The van der Waals surface area contributed by atoms with Gasteiger partial charge in [-0.1, -0.05) is 36.4 Å². The number of hydrogen-bond donors (Lipinski definition) is 3.